The van der Waals surface area contributed by atoms with Crippen LogP contribution in [0.25, 0.3) is 0 Å². The van der Waals surface area contributed by atoms with Crippen molar-refractivity contribution in [3.05, 3.63) is 23.8 Å². The SMILES string of the molecule is Cc1cc(OCC(F)(F)F)ccc1N1CCCC(N)C1. The second-order valence-corrected chi connectivity index (χ2v) is 5.20. The zero-order valence-corrected chi connectivity index (χ0v) is 11.4. The van der Waals surface area contributed by atoms with E-state index < -0.39 is 12.8 Å². The molecule has 0 aliphatic carbocycles. The van der Waals surface area contributed by atoms with E-state index in [0.717, 1.165) is 37.2 Å². The van der Waals surface area contributed by atoms with Crippen LogP contribution in [0.15, 0.2) is 18.2 Å². The summed E-state index contributed by atoms with van der Waals surface area (Å²) in [6, 6.07) is 5.18. The van der Waals surface area contributed by atoms with Crippen molar-refractivity contribution in [2.45, 2.75) is 32.0 Å². The molecule has 6 heteroatoms. The molecule has 2 N–H and O–H groups in total. The summed E-state index contributed by atoms with van der Waals surface area (Å²) in [7, 11) is 0. The highest BCUT2D eigenvalue weighted by Crippen LogP contribution is 2.28. The Balaban J connectivity index is 2.05. The highest BCUT2D eigenvalue weighted by molar-refractivity contribution is 5.56. The lowest BCUT2D eigenvalue weighted by Crippen LogP contribution is -2.43. The first-order chi connectivity index (χ1) is 9.35. The van der Waals surface area contributed by atoms with E-state index in [1.54, 1.807) is 18.2 Å². The van der Waals surface area contributed by atoms with Gasteiger partial charge in [0.2, 0.25) is 0 Å². The molecule has 0 radical (unpaired) electrons. The van der Waals surface area contributed by atoms with Gasteiger partial charge in [-0.25, -0.2) is 0 Å². The highest BCUT2D eigenvalue weighted by Gasteiger charge is 2.28. The Hall–Kier alpha value is -1.43. The summed E-state index contributed by atoms with van der Waals surface area (Å²) in [6.45, 7) is 2.32. The molecule has 1 aromatic carbocycles. The molecule has 1 saturated heterocycles. The third-order valence-corrected chi connectivity index (χ3v) is 3.37. The highest BCUT2D eigenvalue weighted by atomic mass is 19.4. The Morgan fingerprint density at radius 3 is 2.75 bits per heavy atom. The monoisotopic (exact) mass is 288 g/mol. The van der Waals surface area contributed by atoms with E-state index in [1.165, 1.54) is 0 Å². The van der Waals surface area contributed by atoms with Crippen LogP contribution in [0.5, 0.6) is 5.75 Å². The van der Waals surface area contributed by atoms with Crippen LogP contribution in [0.4, 0.5) is 18.9 Å². The van der Waals surface area contributed by atoms with E-state index in [9.17, 15) is 13.2 Å². The van der Waals surface area contributed by atoms with Crippen molar-refractivity contribution in [2.24, 2.45) is 5.73 Å². The molecule has 1 heterocycles. The van der Waals surface area contributed by atoms with E-state index in [-0.39, 0.29) is 11.8 Å². The molecule has 0 bridgehead atoms. The molecule has 0 spiro atoms. The summed E-state index contributed by atoms with van der Waals surface area (Å²) >= 11 is 0. The lowest BCUT2D eigenvalue weighted by atomic mass is 10.0. The van der Waals surface area contributed by atoms with Gasteiger partial charge in [-0.3, -0.25) is 0 Å². The van der Waals surface area contributed by atoms with E-state index in [0.29, 0.717) is 0 Å². The number of piperidine rings is 1. The molecule has 0 amide bonds. The third-order valence-electron chi connectivity index (χ3n) is 3.37. The molecule has 20 heavy (non-hydrogen) atoms. The van der Waals surface area contributed by atoms with Gasteiger partial charge in [-0.15, -0.1) is 0 Å². The smallest absolute Gasteiger partial charge is 0.422 e. The Kier molecular flexibility index (Phi) is 4.42. The fourth-order valence-electron chi connectivity index (χ4n) is 2.47. The topological polar surface area (TPSA) is 38.5 Å². The molecule has 1 aliphatic heterocycles. The summed E-state index contributed by atoms with van der Waals surface area (Å²) in [5, 5.41) is 0. The molecule has 0 saturated carbocycles. The van der Waals surface area contributed by atoms with Gasteiger partial charge in [0, 0.05) is 24.8 Å². The Bertz CT molecular complexity index is 462. The molecule has 3 nitrogen and oxygen atoms in total. The Morgan fingerprint density at radius 1 is 1.40 bits per heavy atom. The molecule has 2 rings (SSSR count). The molecule has 1 aliphatic rings. The number of ether oxygens (including phenoxy) is 1. The number of nitrogens with two attached hydrogens (primary N) is 1. The number of anilines is 1. The van der Waals surface area contributed by atoms with Crippen molar-refractivity contribution in [3.63, 3.8) is 0 Å². The predicted octanol–water partition coefficient (Wildman–Crippen LogP) is 2.86. The van der Waals surface area contributed by atoms with Crippen molar-refractivity contribution in [2.75, 3.05) is 24.6 Å². The molecular weight excluding hydrogens is 269 g/mol. The van der Waals surface area contributed by atoms with E-state index >= 15 is 0 Å². The number of rotatable bonds is 3. The summed E-state index contributed by atoms with van der Waals surface area (Å²) < 4.78 is 41.1. The van der Waals surface area contributed by atoms with Crippen LogP contribution in [0.3, 0.4) is 0 Å². The minimum absolute atomic E-state index is 0.157. The average Bonchev–Trinajstić information content (AvgIpc) is 2.35. The van der Waals surface area contributed by atoms with Crippen molar-refractivity contribution >= 4 is 5.69 Å². The number of alkyl halides is 3. The van der Waals surface area contributed by atoms with Crippen molar-refractivity contribution < 1.29 is 17.9 Å². The van der Waals surface area contributed by atoms with Crippen LogP contribution >= 0.6 is 0 Å². The summed E-state index contributed by atoms with van der Waals surface area (Å²) in [5.41, 5.74) is 7.86. The zero-order valence-electron chi connectivity index (χ0n) is 11.4. The first-order valence-corrected chi connectivity index (χ1v) is 6.66. The summed E-state index contributed by atoms with van der Waals surface area (Å²) in [4.78, 5) is 2.18. The number of halogens is 3. The maximum Gasteiger partial charge on any atom is 0.422 e. The van der Waals surface area contributed by atoms with Crippen LogP contribution < -0.4 is 15.4 Å². The number of aryl methyl sites for hydroxylation is 1. The van der Waals surface area contributed by atoms with Gasteiger partial charge in [-0.05, 0) is 43.5 Å². The molecule has 1 fully saturated rings. The molecule has 1 unspecified atom stereocenters. The Labute approximate surface area is 116 Å². The molecule has 1 aromatic rings. The van der Waals surface area contributed by atoms with Gasteiger partial charge in [0.25, 0.3) is 0 Å². The second-order valence-electron chi connectivity index (χ2n) is 5.20. The molecule has 112 valence electrons. The van der Waals surface area contributed by atoms with Crippen LogP contribution in [0.1, 0.15) is 18.4 Å². The molecule has 1 atom stereocenters. The second kappa shape index (κ2) is 5.91. The van der Waals surface area contributed by atoms with Gasteiger partial charge in [0.15, 0.2) is 6.61 Å². The number of hydrogen-bond acceptors (Lipinski definition) is 3. The van der Waals surface area contributed by atoms with E-state index in [4.69, 9.17) is 10.5 Å². The first kappa shape index (κ1) is 15.0. The van der Waals surface area contributed by atoms with Crippen LogP contribution in [0.2, 0.25) is 0 Å². The average molecular weight is 288 g/mol. The van der Waals surface area contributed by atoms with Crippen molar-refractivity contribution in [1.82, 2.24) is 0 Å². The minimum Gasteiger partial charge on any atom is -0.484 e. The van der Waals surface area contributed by atoms with Crippen LogP contribution in [-0.4, -0.2) is 31.9 Å². The van der Waals surface area contributed by atoms with Crippen LogP contribution in [-0.2, 0) is 0 Å². The maximum atomic E-state index is 12.1. The minimum atomic E-state index is -4.31. The third kappa shape index (κ3) is 4.03. The zero-order chi connectivity index (χ0) is 14.8. The fourth-order valence-corrected chi connectivity index (χ4v) is 2.47. The van der Waals surface area contributed by atoms with Gasteiger partial charge < -0.3 is 15.4 Å². The quantitative estimate of drug-likeness (QED) is 0.929. The van der Waals surface area contributed by atoms with Crippen molar-refractivity contribution in [3.8, 4) is 5.75 Å². The van der Waals surface area contributed by atoms with E-state index in [1.807, 2.05) is 6.92 Å². The van der Waals surface area contributed by atoms with Gasteiger partial charge in [0.1, 0.15) is 5.75 Å². The van der Waals surface area contributed by atoms with Gasteiger partial charge >= 0.3 is 6.18 Å². The number of benzene rings is 1. The lowest BCUT2D eigenvalue weighted by molar-refractivity contribution is -0.153. The first-order valence-electron chi connectivity index (χ1n) is 6.66. The lowest BCUT2D eigenvalue weighted by Gasteiger charge is -2.33. The number of nitrogens with zero attached hydrogens (tertiary/aromatic N) is 1. The van der Waals surface area contributed by atoms with Crippen LogP contribution in [0, 0.1) is 6.92 Å². The largest absolute Gasteiger partial charge is 0.484 e. The molecular formula is C14H19F3N2O. The molecule has 0 aromatic heterocycles. The normalized spacial score (nSPS) is 20.1. The van der Waals surface area contributed by atoms with Gasteiger partial charge in [-0.2, -0.15) is 13.2 Å². The standard InChI is InChI=1S/C14H19F3N2O/c1-10-7-12(20-9-14(15,16)17)4-5-13(10)19-6-2-3-11(18)8-19/h4-5,7,11H,2-3,6,8-9,18H2,1H3. The van der Waals surface area contributed by atoms with Gasteiger partial charge in [0.05, 0.1) is 0 Å². The van der Waals surface area contributed by atoms with Gasteiger partial charge in [-0.1, -0.05) is 0 Å². The Morgan fingerprint density at radius 2 is 2.15 bits per heavy atom. The summed E-state index contributed by atoms with van der Waals surface area (Å²) in [6.07, 6.45) is -2.26. The fraction of sp³-hybridized carbons (Fsp3) is 0.571. The maximum absolute atomic E-state index is 12.1. The number of hydrogen-bond donors (Lipinski definition) is 1. The van der Waals surface area contributed by atoms with E-state index in [2.05, 4.69) is 4.90 Å². The summed E-state index contributed by atoms with van der Waals surface area (Å²) in [5.74, 6) is 0.241. The van der Waals surface area contributed by atoms with Crippen molar-refractivity contribution in [1.29, 1.82) is 0 Å². The predicted molar refractivity (Wildman–Crippen MR) is 72.2 cm³/mol.